The molecule has 2 aliphatic rings. The van der Waals surface area contributed by atoms with E-state index in [9.17, 15) is 0 Å². The molecule has 1 aromatic carbocycles. The van der Waals surface area contributed by atoms with Gasteiger partial charge in [-0.15, -0.1) is 0 Å². The third-order valence-electron chi connectivity index (χ3n) is 5.14. The molecule has 0 aromatic heterocycles. The Labute approximate surface area is 129 Å². The van der Waals surface area contributed by atoms with Crippen LogP contribution < -0.4 is 5.32 Å². The van der Waals surface area contributed by atoms with Crippen molar-refractivity contribution in [2.75, 3.05) is 7.05 Å². The van der Waals surface area contributed by atoms with Crippen molar-refractivity contribution in [2.24, 2.45) is 0 Å². The van der Waals surface area contributed by atoms with Crippen LogP contribution in [0.4, 0.5) is 0 Å². The first-order chi connectivity index (χ1) is 10.3. The largest absolute Gasteiger partial charge is 0.310 e. The van der Waals surface area contributed by atoms with Gasteiger partial charge in [0.2, 0.25) is 0 Å². The summed E-state index contributed by atoms with van der Waals surface area (Å²) in [6, 6.07) is 10.6. The molecular weight excluding hydrogens is 256 g/mol. The van der Waals surface area contributed by atoms with E-state index in [0.717, 1.165) is 25.2 Å². The number of hydrogen-bond acceptors (Lipinski definition) is 2. The molecule has 0 spiro atoms. The highest BCUT2D eigenvalue weighted by Crippen LogP contribution is 2.24. The van der Waals surface area contributed by atoms with Crippen LogP contribution in [0.5, 0.6) is 0 Å². The molecule has 1 aromatic rings. The van der Waals surface area contributed by atoms with Crippen LogP contribution in [-0.4, -0.2) is 24.0 Å². The van der Waals surface area contributed by atoms with Gasteiger partial charge in [-0.1, -0.05) is 49.9 Å². The highest BCUT2D eigenvalue weighted by atomic mass is 15.1. The summed E-state index contributed by atoms with van der Waals surface area (Å²) in [5.74, 6) is 0. The molecule has 2 saturated carbocycles. The van der Waals surface area contributed by atoms with Gasteiger partial charge in [-0.2, -0.15) is 0 Å². The van der Waals surface area contributed by atoms with Crippen LogP contribution in [0, 0.1) is 0 Å². The molecule has 0 aliphatic heterocycles. The van der Waals surface area contributed by atoms with E-state index in [0.29, 0.717) is 0 Å². The topological polar surface area (TPSA) is 15.3 Å². The summed E-state index contributed by atoms with van der Waals surface area (Å²) in [6.07, 6.45) is 11.2. The Kier molecular flexibility index (Phi) is 5.32. The van der Waals surface area contributed by atoms with E-state index in [1.807, 2.05) is 0 Å². The van der Waals surface area contributed by atoms with Gasteiger partial charge >= 0.3 is 0 Å². The molecule has 2 fully saturated rings. The maximum absolute atomic E-state index is 3.66. The van der Waals surface area contributed by atoms with Crippen LogP contribution in [0.2, 0.25) is 0 Å². The molecule has 2 aliphatic carbocycles. The smallest absolute Gasteiger partial charge is 0.0236 e. The molecule has 0 amide bonds. The van der Waals surface area contributed by atoms with Gasteiger partial charge < -0.3 is 5.32 Å². The van der Waals surface area contributed by atoms with Gasteiger partial charge in [0.15, 0.2) is 0 Å². The Bertz CT molecular complexity index is 431. The van der Waals surface area contributed by atoms with E-state index in [1.54, 1.807) is 0 Å². The molecule has 2 heteroatoms. The fourth-order valence-corrected chi connectivity index (χ4v) is 3.52. The molecule has 0 radical (unpaired) electrons. The van der Waals surface area contributed by atoms with E-state index in [1.165, 1.54) is 62.5 Å². The molecule has 0 heterocycles. The van der Waals surface area contributed by atoms with Gasteiger partial charge in [0, 0.05) is 25.2 Å². The second-order valence-corrected chi connectivity index (χ2v) is 6.98. The highest BCUT2D eigenvalue weighted by Gasteiger charge is 2.21. The number of nitrogens with zero attached hydrogens (tertiary/aromatic N) is 1. The van der Waals surface area contributed by atoms with Crippen molar-refractivity contribution in [2.45, 2.75) is 76.5 Å². The average molecular weight is 286 g/mol. The Hall–Kier alpha value is -0.860. The second kappa shape index (κ2) is 7.42. The molecule has 0 saturated heterocycles. The highest BCUT2D eigenvalue weighted by molar-refractivity contribution is 5.27. The van der Waals surface area contributed by atoms with Crippen molar-refractivity contribution in [1.29, 1.82) is 0 Å². The molecule has 3 rings (SSSR count). The van der Waals surface area contributed by atoms with E-state index >= 15 is 0 Å². The predicted molar refractivity (Wildman–Crippen MR) is 89.3 cm³/mol. The minimum atomic E-state index is 0.789. The molecule has 0 bridgehead atoms. The van der Waals surface area contributed by atoms with Crippen molar-refractivity contribution in [1.82, 2.24) is 10.2 Å². The molecule has 1 N–H and O–H groups in total. The van der Waals surface area contributed by atoms with Crippen LogP contribution in [0.25, 0.3) is 0 Å². The monoisotopic (exact) mass is 286 g/mol. The van der Waals surface area contributed by atoms with Gasteiger partial charge in [0.05, 0.1) is 0 Å². The predicted octanol–water partition coefficient (Wildman–Crippen LogP) is 4.09. The first-order valence-electron chi connectivity index (χ1n) is 8.83. The fraction of sp³-hybridized carbons (Fsp3) is 0.684. The van der Waals surface area contributed by atoms with Crippen molar-refractivity contribution in [3.05, 3.63) is 35.4 Å². The number of nitrogens with one attached hydrogen (secondary N) is 1. The molecule has 116 valence electrons. The van der Waals surface area contributed by atoms with Crippen LogP contribution in [0.3, 0.4) is 0 Å². The number of rotatable bonds is 6. The standard InChI is InChI=1S/C19H30N2/c1-21(19-10-4-2-3-5-11-19)15-17-9-7-6-8-16(17)14-20-18-12-13-18/h6-9,18-20H,2-5,10-15H2,1H3. The molecular formula is C19H30N2. The number of hydrogen-bond donors (Lipinski definition) is 1. The minimum Gasteiger partial charge on any atom is -0.310 e. The number of benzene rings is 1. The van der Waals surface area contributed by atoms with E-state index in [4.69, 9.17) is 0 Å². The Morgan fingerprint density at radius 1 is 0.952 bits per heavy atom. The van der Waals surface area contributed by atoms with E-state index in [-0.39, 0.29) is 0 Å². The SMILES string of the molecule is CN(Cc1ccccc1CNC1CC1)C1CCCCCC1. The summed E-state index contributed by atoms with van der Waals surface area (Å²) in [5, 5.41) is 3.66. The lowest BCUT2D eigenvalue weighted by atomic mass is 10.0. The van der Waals surface area contributed by atoms with Gasteiger partial charge in [0.25, 0.3) is 0 Å². The average Bonchev–Trinajstić information content (AvgIpc) is 3.33. The van der Waals surface area contributed by atoms with Crippen LogP contribution in [0.15, 0.2) is 24.3 Å². The van der Waals surface area contributed by atoms with Crippen molar-refractivity contribution in [3.8, 4) is 0 Å². The second-order valence-electron chi connectivity index (χ2n) is 6.98. The third-order valence-corrected chi connectivity index (χ3v) is 5.14. The molecule has 21 heavy (non-hydrogen) atoms. The zero-order valence-corrected chi connectivity index (χ0v) is 13.5. The maximum atomic E-state index is 3.66. The van der Waals surface area contributed by atoms with Gasteiger partial charge in [-0.05, 0) is 43.9 Å². The summed E-state index contributed by atoms with van der Waals surface area (Å²) >= 11 is 0. The molecule has 0 unspecified atom stereocenters. The van der Waals surface area contributed by atoms with Gasteiger partial charge in [0.1, 0.15) is 0 Å². The van der Waals surface area contributed by atoms with Crippen LogP contribution in [0.1, 0.15) is 62.5 Å². The Balaban J connectivity index is 1.59. The summed E-state index contributed by atoms with van der Waals surface area (Å²) in [4.78, 5) is 2.60. The van der Waals surface area contributed by atoms with Crippen LogP contribution in [-0.2, 0) is 13.1 Å². The van der Waals surface area contributed by atoms with Crippen molar-refractivity contribution < 1.29 is 0 Å². The molecule has 0 atom stereocenters. The first kappa shape index (κ1) is 15.1. The first-order valence-corrected chi connectivity index (χ1v) is 8.83. The summed E-state index contributed by atoms with van der Waals surface area (Å²) in [5.41, 5.74) is 3.00. The van der Waals surface area contributed by atoms with E-state index in [2.05, 4.69) is 41.5 Å². The summed E-state index contributed by atoms with van der Waals surface area (Å²) in [6.45, 7) is 2.15. The van der Waals surface area contributed by atoms with Crippen molar-refractivity contribution in [3.63, 3.8) is 0 Å². The Morgan fingerprint density at radius 3 is 2.29 bits per heavy atom. The molecule has 2 nitrogen and oxygen atoms in total. The zero-order valence-electron chi connectivity index (χ0n) is 13.5. The lowest BCUT2D eigenvalue weighted by molar-refractivity contribution is 0.212. The Morgan fingerprint density at radius 2 is 1.62 bits per heavy atom. The lowest BCUT2D eigenvalue weighted by Gasteiger charge is -2.28. The zero-order chi connectivity index (χ0) is 14.5. The van der Waals surface area contributed by atoms with Gasteiger partial charge in [-0.3, -0.25) is 4.90 Å². The van der Waals surface area contributed by atoms with Crippen molar-refractivity contribution >= 4 is 0 Å². The third kappa shape index (κ3) is 4.55. The van der Waals surface area contributed by atoms with Crippen LogP contribution >= 0.6 is 0 Å². The minimum absolute atomic E-state index is 0.789. The van der Waals surface area contributed by atoms with Gasteiger partial charge in [-0.25, -0.2) is 0 Å². The summed E-state index contributed by atoms with van der Waals surface area (Å²) < 4.78 is 0. The lowest BCUT2D eigenvalue weighted by Crippen LogP contribution is -2.31. The quantitative estimate of drug-likeness (QED) is 0.792. The fourth-order valence-electron chi connectivity index (χ4n) is 3.52. The maximum Gasteiger partial charge on any atom is 0.0236 e. The summed E-state index contributed by atoms with van der Waals surface area (Å²) in [7, 11) is 2.32. The normalized spacial score (nSPS) is 20.7. The van der Waals surface area contributed by atoms with E-state index < -0.39 is 0 Å².